The second kappa shape index (κ2) is 6.50. The first kappa shape index (κ1) is 15.4. The van der Waals surface area contributed by atoms with E-state index in [-0.39, 0.29) is 17.9 Å². The molecule has 106 valence electrons. The number of rotatable bonds is 7. The van der Waals surface area contributed by atoms with E-state index in [1.807, 2.05) is 0 Å². The molecule has 0 heterocycles. The summed E-state index contributed by atoms with van der Waals surface area (Å²) in [6.45, 7) is -0.138. The number of hydrogen-bond acceptors (Lipinski definition) is 5. The van der Waals surface area contributed by atoms with Gasteiger partial charge < -0.3 is 15.6 Å². The van der Waals surface area contributed by atoms with Gasteiger partial charge in [0.05, 0.1) is 18.4 Å². The van der Waals surface area contributed by atoms with E-state index in [2.05, 4.69) is 4.72 Å². The van der Waals surface area contributed by atoms with Crippen LogP contribution in [0.2, 0.25) is 0 Å². The van der Waals surface area contributed by atoms with Crippen LogP contribution in [0.15, 0.2) is 29.2 Å². The highest BCUT2D eigenvalue weighted by Gasteiger charge is 2.16. The zero-order valence-electron chi connectivity index (χ0n) is 10.4. The van der Waals surface area contributed by atoms with Crippen LogP contribution in [0.4, 0.5) is 0 Å². The van der Waals surface area contributed by atoms with Crippen LogP contribution in [-0.4, -0.2) is 39.2 Å². The van der Waals surface area contributed by atoms with Crippen molar-refractivity contribution in [3.63, 3.8) is 0 Å². The minimum absolute atomic E-state index is 0.0656. The van der Waals surface area contributed by atoms with Crippen LogP contribution in [0, 0.1) is 0 Å². The third-order valence-corrected chi connectivity index (χ3v) is 3.78. The standard InChI is InChI=1S/C11H16N2O5S/c1-18-9-2-4-10(5-3-9)19(16,17)13-7-8(12)6-11(14)15/h2-5,8,13H,6-7,12H2,1H3,(H,14,15). The summed E-state index contributed by atoms with van der Waals surface area (Å²) in [7, 11) is -2.22. The van der Waals surface area contributed by atoms with Crippen molar-refractivity contribution in [2.75, 3.05) is 13.7 Å². The Morgan fingerprint density at radius 3 is 2.47 bits per heavy atom. The molecule has 0 aliphatic carbocycles. The highest BCUT2D eigenvalue weighted by atomic mass is 32.2. The lowest BCUT2D eigenvalue weighted by atomic mass is 10.2. The Kier molecular flexibility index (Phi) is 5.28. The molecule has 1 rings (SSSR count). The summed E-state index contributed by atoms with van der Waals surface area (Å²) in [6, 6.07) is 5.05. The molecule has 0 saturated carbocycles. The molecule has 0 aliphatic rings. The number of aliphatic carboxylic acids is 1. The van der Waals surface area contributed by atoms with Crippen LogP contribution in [-0.2, 0) is 14.8 Å². The fraction of sp³-hybridized carbons (Fsp3) is 0.364. The SMILES string of the molecule is COc1ccc(S(=O)(=O)NCC(N)CC(=O)O)cc1. The molecule has 0 saturated heterocycles. The Balaban J connectivity index is 2.67. The second-order valence-electron chi connectivity index (χ2n) is 3.89. The van der Waals surface area contributed by atoms with E-state index in [0.717, 1.165) is 0 Å². The van der Waals surface area contributed by atoms with Crippen LogP contribution in [0.3, 0.4) is 0 Å². The minimum atomic E-state index is -3.69. The molecule has 0 fully saturated rings. The Bertz CT molecular complexity index is 527. The molecular formula is C11H16N2O5S. The van der Waals surface area contributed by atoms with Crippen LogP contribution < -0.4 is 15.2 Å². The van der Waals surface area contributed by atoms with Gasteiger partial charge in [0.15, 0.2) is 0 Å². The third kappa shape index (κ3) is 4.86. The molecule has 0 spiro atoms. The van der Waals surface area contributed by atoms with Crippen LogP contribution >= 0.6 is 0 Å². The van der Waals surface area contributed by atoms with Gasteiger partial charge in [-0.25, -0.2) is 13.1 Å². The third-order valence-electron chi connectivity index (χ3n) is 2.34. The number of carboxylic acid groups (broad SMARTS) is 1. The zero-order valence-corrected chi connectivity index (χ0v) is 11.2. The van der Waals surface area contributed by atoms with Gasteiger partial charge in [-0.05, 0) is 24.3 Å². The first-order valence-corrected chi connectivity index (χ1v) is 6.94. The Labute approximate surface area is 111 Å². The topological polar surface area (TPSA) is 119 Å². The first-order chi connectivity index (χ1) is 8.85. The van der Waals surface area contributed by atoms with E-state index in [1.54, 1.807) is 0 Å². The fourth-order valence-corrected chi connectivity index (χ4v) is 2.45. The average molecular weight is 288 g/mol. The summed E-state index contributed by atoms with van der Waals surface area (Å²) in [5.74, 6) is -0.530. The molecular weight excluding hydrogens is 272 g/mol. The second-order valence-corrected chi connectivity index (χ2v) is 5.65. The van der Waals surface area contributed by atoms with Crippen molar-refractivity contribution in [3.8, 4) is 5.75 Å². The average Bonchev–Trinajstić information content (AvgIpc) is 2.36. The molecule has 8 heteroatoms. The van der Waals surface area contributed by atoms with Gasteiger partial charge in [0.2, 0.25) is 10.0 Å². The van der Waals surface area contributed by atoms with Crippen LogP contribution in [0.25, 0.3) is 0 Å². The van der Waals surface area contributed by atoms with Gasteiger partial charge in [-0.2, -0.15) is 0 Å². The maximum Gasteiger partial charge on any atom is 0.304 e. The Morgan fingerprint density at radius 1 is 1.42 bits per heavy atom. The molecule has 0 amide bonds. The highest BCUT2D eigenvalue weighted by Crippen LogP contribution is 2.15. The lowest BCUT2D eigenvalue weighted by molar-refractivity contribution is -0.137. The lowest BCUT2D eigenvalue weighted by Gasteiger charge is -2.11. The monoisotopic (exact) mass is 288 g/mol. The van der Waals surface area contributed by atoms with Gasteiger partial charge in [0.25, 0.3) is 0 Å². The maximum atomic E-state index is 11.9. The predicted octanol–water partition coefficient (Wildman–Crippen LogP) is -0.224. The van der Waals surface area contributed by atoms with Crippen LogP contribution in [0.1, 0.15) is 6.42 Å². The van der Waals surface area contributed by atoms with Gasteiger partial charge in [-0.1, -0.05) is 0 Å². The largest absolute Gasteiger partial charge is 0.497 e. The smallest absolute Gasteiger partial charge is 0.304 e. The number of hydrogen-bond donors (Lipinski definition) is 3. The zero-order chi connectivity index (χ0) is 14.5. The van der Waals surface area contributed by atoms with Crippen LogP contribution in [0.5, 0.6) is 5.75 Å². The number of ether oxygens (including phenoxy) is 1. The normalized spacial score (nSPS) is 12.9. The Morgan fingerprint density at radius 2 is 2.00 bits per heavy atom. The van der Waals surface area contributed by atoms with Crippen molar-refractivity contribution in [1.82, 2.24) is 4.72 Å². The van der Waals surface area contributed by atoms with Crippen molar-refractivity contribution in [1.29, 1.82) is 0 Å². The molecule has 1 atom stereocenters. The number of sulfonamides is 1. The van der Waals surface area contributed by atoms with Crippen molar-refractivity contribution < 1.29 is 23.1 Å². The highest BCUT2D eigenvalue weighted by molar-refractivity contribution is 7.89. The van der Waals surface area contributed by atoms with E-state index in [0.29, 0.717) is 5.75 Å². The van der Waals surface area contributed by atoms with E-state index in [1.165, 1.54) is 31.4 Å². The summed E-state index contributed by atoms with van der Waals surface area (Å²) in [4.78, 5) is 10.5. The summed E-state index contributed by atoms with van der Waals surface area (Å²) >= 11 is 0. The van der Waals surface area contributed by atoms with Crippen molar-refractivity contribution >= 4 is 16.0 Å². The van der Waals surface area contributed by atoms with Crippen molar-refractivity contribution in [2.24, 2.45) is 5.73 Å². The molecule has 0 bridgehead atoms. The molecule has 0 aliphatic heterocycles. The van der Waals surface area contributed by atoms with Gasteiger partial charge in [0.1, 0.15) is 5.75 Å². The van der Waals surface area contributed by atoms with Gasteiger partial charge in [-0.3, -0.25) is 4.79 Å². The number of benzene rings is 1. The van der Waals surface area contributed by atoms with Gasteiger partial charge in [-0.15, -0.1) is 0 Å². The molecule has 0 radical (unpaired) electrons. The molecule has 1 aromatic rings. The van der Waals surface area contributed by atoms with Gasteiger partial charge >= 0.3 is 5.97 Å². The Hall–Kier alpha value is -1.64. The predicted molar refractivity (Wildman–Crippen MR) is 68.4 cm³/mol. The maximum absolute atomic E-state index is 11.9. The van der Waals surface area contributed by atoms with E-state index >= 15 is 0 Å². The number of carbonyl (C=O) groups is 1. The van der Waals surface area contributed by atoms with Crippen molar-refractivity contribution in [3.05, 3.63) is 24.3 Å². The summed E-state index contributed by atoms with van der Waals surface area (Å²) < 4.78 is 30.9. The summed E-state index contributed by atoms with van der Waals surface area (Å²) in [5, 5.41) is 8.52. The number of nitrogens with two attached hydrogens (primary N) is 1. The number of carboxylic acids is 1. The molecule has 4 N–H and O–H groups in total. The summed E-state index contributed by atoms with van der Waals surface area (Å²) in [6.07, 6.45) is -0.300. The lowest BCUT2D eigenvalue weighted by Crippen LogP contribution is -2.38. The number of methoxy groups -OCH3 is 1. The van der Waals surface area contributed by atoms with Gasteiger partial charge in [0, 0.05) is 12.6 Å². The van der Waals surface area contributed by atoms with Crippen molar-refractivity contribution in [2.45, 2.75) is 17.4 Å². The molecule has 19 heavy (non-hydrogen) atoms. The molecule has 1 aromatic carbocycles. The molecule has 1 unspecified atom stereocenters. The quantitative estimate of drug-likeness (QED) is 0.638. The molecule has 7 nitrogen and oxygen atoms in total. The minimum Gasteiger partial charge on any atom is -0.497 e. The van der Waals surface area contributed by atoms with E-state index < -0.39 is 22.0 Å². The van der Waals surface area contributed by atoms with E-state index in [4.69, 9.17) is 15.6 Å². The summed E-state index contributed by atoms with van der Waals surface area (Å²) in [5.41, 5.74) is 5.48. The first-order valence-electron chi connectivity index (χ1n) is 5.46. The molecule has 0 aromatic heterocycles. The fourth-order valence-electron chi connectivity index (χ4n) is 1.35. The number of nitrogens with one attached hydrogen (secondary N) is 1. The van der Waals surface area contributed by atoms with E-state index in [9.17, 15) is 13.2 Å².